The van der Waals surface area contributed by atoms with Gasteiger partial charge in [-0.2, -0.15) is 10.9 Å². The van der Waals surface area contributed by atoms with E-state index in [2.05, 4.69) is 0 Å². The number of rotatable bonds is 2. The van der Waals surface area contributed by atoms with Gasteiger partial charge in [0.25, 0.3) is 9.05 Å². The first-order valence-corrected chi connectivity index (χ1v) is 8.05. The summed E-state index contributed by atoms with van der Waals surface area (Å²) < 4.78 is 22.7. The molecule has 1 heterocycles. The molecule has 0 unspecified atom stereocenters. The van der Waals surface area contributed by atoms with E-state index in [1.807, 2.05) is 29.0 Å². The second-order valence-corrected chi connectivity index (χ2v) is 7.42. The van der Waals surface area contributed by atoms with Crippen molar-refractivity contribution in [3.05, 3.63) is 47.2 Å². The topological polar surface area (TPSA) is 34.1 Å². The summed E-state index contributed by atoms with van der Waals surface area (Å²) in [4.78, 5) is 1.00. The summed E-state index contributed by atoms with van der Waals surface area (Å²) in [5.41, 5.74) is 0. The Labute approximate surface area is 96.0 Å². The van der Waals surface area contributed by atoms with Crippen LogP contribution in [-0.2, 0) is 9.05 Å². The van der Waals surface area contributed by atoms with Gasteiger partial charge in [0.1, 0.15) is 0 Å². The van der Waals surface area contributed by atoms with Gasteiger partial charge in [-0.1, -0.05) is 24.3 Å². The molecule has 2 rings (SSSR count). The van der Waals surface area contributed by atoms with Crippen molar-refractivity contribution in [1.29, 1.82) is 0 Å². The fourth-order valence-corrected chi connectivity index (χ4v) is 4.75. The summed E-state index contributed by atoms with van der Waals surface area (Å²) in [5.74, 6) is 0. The Morgan fingerprint density at radius 2 is 1.67 bits per heavy atom. The first kappa shape index (κ1) is 10.8. The Morgan fingerprint density at radius 1 is 1.07 bits per heavy atom. The smallest absolute Gasteiger partial charge is 0.207 e. The Kier molecular flexibility index (Phi) is 2.91. The van der Waals surface area contributed by atoms with Gasteiger partial charge in [-0.3, -0.25) is 0 Å². The summed E-state index contributed by atoms with van der Waals surface area (Å²) in [6, 6.07) is 6.85. The molecule has 0 aliphatic carbocycles. The molecule has 0 radical (unpaired) electrons. The van der Waals surface area contributed by atoms with Gasteiger partial charge in [-0.25, -0.2) is 8.42 Å². The van der Waals surface area contributed by atoms with E-state index >= 15 is 0 Å². The third-order valence-electron chi connectivity index (χ3n) is 2.01. The van der Waals surface area contributed by atoms with Crippen molar-refractivity contribution in [2.24, 2.45) is 0 Å². The third-order valence-corrected chi connectivity index (χ3v) is 5.47. The third kappa shape index (κ3) is 2.27. The standard InChI is InChI=1S/C10H9ClO2S2/c11-15(12,13)10-6-2-1-5-9(10)14-7-3-4-8-14/h1-8,14H. The van der Waals surface area contributed by atoms with E-state index in [0.29, 0.717) is 0 Å². The normalized spacial score (nSPS) is 17.3. The number of hydrogen-bond donors (Lipinski definition) is 1. The van der Waals surface area contributed by atoms with E-state index in [1.165, 1.54) is 0 Å². The van der Waals surface area contributed by atoms with Gasteiger partial charge in [-0.15, -0.1) is 0 Å². The molecule has 1 aliphatic heterocycles. The van der Waals surface area contributed by atoms with Crippen LogP contribution in [0.3, 0.4) is 0 Å². The van der Waals surface area contributed by atoms with Crippen LogP contribution in [0.5, 0.6) is 0 Å². The van der Waals surface area contributed by atoms with E-state index in [0.717, 1.165) is 4.90 Å². The highest BCUT2D eigenvalue weighted by Gasteiger charge is 2.17. The van der Waals surface area contributed by atoms with Crippen LogP contribution in [0.1, 0.15) is 0 Å². The lowest BCUT2D eigenvalue weighted by Crippen LogP contribution is -1.94. The lowest BCUT2D eigenvalue weighted by atomic mass is 10.4. The molecule has 1 aliphatic rings. The van der Waals surface area contributed by atoms with Gasteiger partial charge >= 0.3 is 0 Å². The van der Waals surface area contributed by atoms with Crippen molar-refractivity contribution < 1.29 is 8.42 Å². The zero-order valence-electron chi connectivity index (χ0n) is 7.67. The SMILES string of the molecule is O=S(=O)(Cl)c1ccccc1[SH]1C=CC=C1. The molecule has 0 spiro atoms. The number of allylic oxidation sites excluding steroid dienone is 2. The van der Waals surface area contributed by atoms with Gasteiger partial charge in [0.2, 0.25) is 0 Å². The molecule has 0 atom stereocenters. The molecule has 0 saturated heterocycles. The van der Waals surface area contributed by atoms with Crippen LogP contribution in [0.4, 0.5) is 0 Å². The lowest BCUT2D eigenvalue weighted by molar-refractivity contribution is 0.608. The molecule has 15 heavy (non-hydrogen) atoms. The number of benzene rings is 1. The average Bonchev–Trinajstić information content (AvgIpc) is 2.69. The van der Waals surface area contributed by atoms with Crippen molar-refractivity contribution in [2.75, 3.05) is 0 Å². The van der Waals surface area contributed by atoms with Gasteiger partial charge in [0.15, 0.2) is 0 Å². The van der Waals surface area contributed by atoms with E-state index < -0.39 is 19.9 Å². The number of hydrogen-bond acceptors (Lipinski definition) is 2. The summed E-state index contributed by atoms with van der Waals surface area (Å²) in [6.45, 7) is 0. The summed E-state index contributed by atoms with van der Waals surface area (Å²) in [7, 11) is 1.08. The highest BCUT2D eigenvalue weighted by molar-refractivity contribution is 8.23. The first-order valence-electron chi connectivity index (χ1n) is 4.26. The quantitative estimate of drug-likeness (QED) is 0.655. The molecule has 1 aromatic rings. The molecule has 0 bridgehead atoms. The fraction of sp³-hybridized carbons (Fsp3) is 0. The molecule has 2 nitrogen and oxygen atoms in total. The molecule has 0 aromatic heterocycles. The zero-order chi connectivity index (χ0) is 10.9. The maximum atomic E-state index is 11.3. The fourth-order valence-electron chi connectivity index (χ4n) is 1.37. The van der Waals surface area contributed by atoms with Crippen molar-refractivity contribution in [3.63, 3.8) is 0 Å². The van der Waals surface area contributed by atoms with Gasteiger partial charge in [-0.05, 0) is 22.9 Å². The second-order valence-electron chi connectivity index (χ2n) is 3.00. The van der Waals surface area contributed by atoms with Gasteiger partial charge < -0.3 is 0 Å². The highest BCUT2D eigenvalue weighted by atomic mass is 35.7. The van der Waals surface area contributed by atoms with Gasteiger partial charge in [0, 0.05) is 15.6 Å². The second kappa shape index (κ2) is 4.04. The minimum atomic E-state index is -3.65. The summed E-state index contributed by atoms with van der Waals surface area (Å²) in [5, 5.41) is 3.99. The van der Waals surface area contributed by atoms with Crippen molar-refractivity contribution in [2.45, 2.75) is 9.79 Å². The van der Waals surface area contributed by atoms with Gasteiger partial charge in [0.05, 0.1) is 4.90 Å². The largest absolute Gasteiger partial charge is 0.262 e. The van der Waals surface area contributed by atoms with Crippen molar-refractivity contribution in [1.82, 2.24) is 0 Å². The summed E-state index contributed by atoms with van der Waals surface area (Å²) in [6.07, 6.45) is 3.84. The maximum Gasteiger partial charge on any atom is 0.262 e. The maximum absolute atomic E-state index is 11.3. The van der Waals surface area contributed by atoms with E-state index in [9.17, 15) is 8.42 Å². The first-order chi connectivity index (χ1) is 7.09. The average molecular weight is 261 g/mol. The Balaban J connectivity index is 2.57. The summed E-state index contributed by atoms with van der Waals surface area (Å²) >= 11 is 0. The monoisotopic (exact) mass is 260 g/mol. The predicted molar refractivity (Wildman–Crippen MR) is 65.0 cm³/mol. The van der Waals surface area contributed by atoms with E-state index in [1.54, 1.807) is 18.2 Å². The predicted octanol–water partition coefficient (Wildman–Crippen LogP) is 3.02. The molecular formula is C10H9ClO2S2. The van der Waals surface area contributed by atoms with Crippen molar-refractivity contribution in [3.8, 4) is 0 Å². The Bertz CT molecular complexity index is 520. The van der Waals surface area contributed by atoms with Crippen LogP contribution in [0.15, 0.2) is 57.0 Å². The van der Waals surface area contributed by atoms with Crippen LogP contribution >= 0.6 is 21.6 Å². The minimum absolute atomic E-state index is 0.217. The molecule has 0 N–H and O–H groups in total. The number of halogens is 1. The van der Waals surface area contributed by atoms with Crippen LogP contribution in [0, 0.1) is 0 Å². The molecule has 1 aromatic carbocycles. The molecular weight excluding hydrogens is 252 g/mol. The molecule has 0 fully saturated rings. The van der Waals surface area contributed by atoms with Crippen LogP contribution in [-0.4, -0.2) is 8.42 Å². The van der Waals surface area contributed by atoms with E-state index in [4.69, 9.17) is 10.7 Å². The number of thiol groups is 1. The van der Waals surface area contributed by atoms with Crippen LogP contribution < -0.4 is 0 Å². The zero-order valence-corrected chi connectivity index (χ0v) is 10.1. The molecule has 0 amide bonds. The van der Waals surface area contributed by atoms with Crippen molar-refractivity contribution >= 4 is 30.6 Å². The molecule has 5 heteroatoms. The Morgan fingerprint density at radius 3 is 2.27 bits per heavy atom. The van der Waals surface area contributed by atoms with E-state index in [-0.39, 0.29) is 4.90 Å². The molecule has 80 valence electrons. The lowest BCUT2D eigenvalue weighted by Gasteiger charge is -2.13. The minimum Gasteiger partial charge on any atom is -0.207 e. The highest BCUT2D eigenvalue weighted by Crippen LogP contribution is 2.45. The Hall–Kier alpha value is -0.710. The van der Waals surface area contributed by atoms with Crippen LogP contribution in [0.25, 0.3) is 0 Å². The van der Waals surface area contributed by atoms with Crippen LogP contribution in [0.2, 0.25) is 0 Å². The molecule has 0 saturated carbocycles.